The van der Waals surface area contributed by atoms with E-state index in [2.05, 4.69) is 11.9 Å². The summed E-state index contributed by atoms with van der Waals surface area (Å²) in [5.41, 5.74) is -0.361. The lowest BCUT2D eigenvalue weighted by Gasteiger charge is -2.10. The topological polar surface area (TPSA) is 130 Å². The van der Waals surface area contributed by atoms with Gasteiger partial charge in [-0.3, -0.25) is 9.35 Å². The van der Waals surface area contributed by atoms with E-state index < -0.39 is 21.0 Å². The number of carboxylic acids is 1. The Bertz CT molecular complexity index is 697. The molecule has 0 aliphatic heterocycles. The average Bonchev–Trinajstić information content (AvgIpc) is 2.49. The molecule has 0 fully saturated rings. The number of aromatic carboxylic acids is 1. The molecule has 1 aromatic rings. The first kappa shape index (κ1) is 18.7. The van der Waals surface area contributed by atoms with Crippen LogP contribution in [0.15, 0.2) is 35.7 Å². The minimum absolute atomic E-state index is 0.0000251. The van der Waals surface area contributed by atoms with Crippen LogP contribution in [0.1, 0.15) is 23.2 Å². The number of carbonyl (C=O) groups is 2. The average molecular weight is 343 g/mol. The molecule has 0 unspecified atom stereocenters. The summed E-state index contributed by atoms with van der Waals surface area (Å²) in [5.74, 6) is -1.65. The van der Waals surface area contributed by atoms with Crippen LogP contribution in [0.3, 0.4) is 0 Å². The maximum absolute atomic E-state index is 11.1. The van der Waals surface area contributed by atoms with Crippen LogP contribution in [0.25, 0.3) is 0 Å². The number of carbonyl (C=O) groups excluding carboxylic acids is 1. The van der Waals surface area contributed by atoms with Crippen LogP contribution in [0.5, 0.6) is 5.75 Å². The zero-order valence-electron chi connectivity index (χ0n) is 12.2. The van der Waals surface area contributed by atoms with Gasteiger partial charge in [0.05, 0.1) is 11.5 Å². The first-order chi connectivity index (χ1) is 10.8. The standard InChI is InChI=1S/C14H17NO7S/c1-2-13(16)15-7-3-4-8-22-12-6-5-10(23(19,20)21)9-11(12)14(17)18/h2,5-6,9H,1,3-4,7-8H2,(H,15,16)(H,17,18)(H,19,20,21). The fraction of sp³-hybridized carbons (Fsp3) is 0.286. The molecule has 8 nitrogen and oxygen atoms in total. The highest BCUT2D eigenvalue weighted by Gasteiger charge is 2.17. The molecule has 3 N–H and O–H groups in total. The van der Waals surface area contributed by atoms with Crippen LogP contribution in [-0.2, 0) is 14.9 Å². The predicted molar refractivity (Wildman–Crippen MR) is 81.2 cm³/mol. The Balaban J connectivity index is 2.61. The van der Waals surface area contributed by atoms with Crippen molar-refractivity contribution in [1.82, 2.24) is 5.32 Å². The van der Waals surface area contributed by atoms with Crippen molar-refractivity contribution in [2.75, 3.05) is 13.2 Å². The Morgan fingerprint density at radius 1 is 1.30 bits per heavy atom. The molecule has 0 saturated carbocycles. The highest BCUT2D eigenvalue weighted by molar-refractivity contribution is 7.85. The number of ether oxygens (including phenoxy) is 1. The highest BCUT2D eigenvalue weighted by atomic mass is 32.2. The fourth-order valence-corrected chi connectivity index (χ4v) is 2.16. The van der Waals surface area contributed by atoms with Crippen molar-refractivity contribution in [3.8, 4) is 5.75 Å². The van der Waals surface area contributed by atoms with Gasteiger partial charge in [0.25, 0.3) is 10.1 Å². The summed E-state index contributed by atoms with van der Waals surface area (Å²) in [6, 6.07) is 3.06. The molecule has 0 radical (unpaired) electrons. The molecule has 0 heterocycles. The summed E-state index contributed by atoms with van der Waals surface area (Å²) in [5, 5.41) is 11.7. The molecular formula is C14H17NO7S. The summed E-state index contributed by atoms with van der Waals surface area (Å²) in [6.07, 6.45) is 2.33. The Hall–Kier alpha value is -2.39. The van der Waals surface area contributed by atoms with Crippen molar-refractivity contribution in [2.45, 2.75) is 17.7 Å². The third-order valence-electron chi connectivity index (χ3n) is 2.79. The lowest BCUT2D eigenvalue weighted by molar-refractivity contribution is -0.116. The molecule has 9 heteroatoms. The molecule has 0 saturated heterocycles. The number of carboxylic acid groups (broad SMARTS) is 1. The molecule has 0 aliphatic carbocycles. The largest absolute Gasteiger partial charge is 0.493 e. The summed E-state index contributed by atoms with van der Waals surface area (Å²) < 4.78 is 36.3. The quantitative estimate of drug-likeness (QED) is 0.347. The summed E-state index contributed by atoms with van der Waals surface area (Å²) >= 11 is 0. The Morgan fingerprint density at radius 3 is 2.57 bits per heavy atom. The SMILES string of the molecule is C=CC(=O)NCCCCOc1ccc(S(=O)(=O)O)cc1C(=O)O. The van der Waals surface area contributed by atoms with Gasteiger partial charge in [-0.2, -0.15) is 8.42 Å². The van der Waals surface area contributed by atoms with E-state index in [1.165, 1.54) is 6.07 Å². The van der Waals surface area contributed by atoms with E-state index in [4.69, 9.17) is 14.4 Å². The lowest BCUT2D eigenvalue weighted by Crippen LogP contribution is -2.22. The van der Waals surface area contributed by atoms with Gasteiger partial charge in [0.15, 0.2) is 0 Å². The van der Waals surface area contributed by atoms with Gasteiger partial charge >= 0.3 is 5.97 Å². The van der Waals surface area contributed by atoms with Gasteiger partial charge in [0.2, 0.25) is 5.91 Å². The minimum atomic E-state index is -4.49. The van der Waals surface area contributed by atoms with Crippen molar-refractivity contribution >= 4 is 22.0 Å². The van der Waals surface area contributed by atoms with Crippen molar-refractivity contribution in [3.63, 3.8) is 0 Å². The second-order valence-electron chi connectivity index (χ2n) is 4.49. The summed E-state index contributed by atoms with van der Waals surface area (Å²) in [6.45, 7) is 3.94. The smallest absolute Gasteiger partial charge is 0.339 e. The maximum Gasteiger partial charge on any atom is 0.339 e. The van der Waals surface area contributed by atoms with Gasteiger partial charge in [-0.1, -0.05) is 6.58 Å². The van der Waals surface area contributed by atoms with E-state index in [0.717, 1.165) is 18.2 Å². The van der Waals surface area contributed by atoms with E-state index in [1.54, 1.807) is 0 Å². The van der Waals surface area contributed by atoms with Crippen molar-refractivity contribution in [3.05, 3.63) is 36.4 Å². The third kappa shape index (κ3) is 6.09. The first-order valence-electron chi connectivity index (χ1n) is 6.63. The number of unbranched alkanes of at least 4 members (excludes halogenated alkanes) is 1. The predicted octanol–water partition coefficient (Wildman–Crippen LogP) is 1.09. The molecule has 1 aromatic carbocycles. The molecule has 23 heavy (non-hydrogen) atoms. The molecule has 0 aliphatic rings. The highest BCUT2D eigenvalue weighted by Crippen LogP contribution is 2.23. The van der Waals surface area contributed by atoms with Crippen LogP contribution in [-0.4, -0.2) is 43.1 Å². The number of rotatable bonds is 9. The fourth-order valence-electron chi connectivity index (χ4n) is 1.66. The van der Waals surface area contributed by atoms with Crippen molar-refractivity contribution < 1.29 is 32.4 Å². The zero-order valence-corrected chi connectivity index (χ0v) is 13.0. The first-order valence-corrected chi connectivity index (χ1v) is 8.07. The lowest BCUT2D eigenvalue weighted by atomic mass is 10.2. The summed E-state index contributed by atoms with van der Waals surface area (Å²) in [4.78, 5) is 21.5. The molecule has 0 bridgehead atoms. The number of hydrogen-bond acceptors (Lipinski definition) is 5. The van der Waals surface area contributed by atoms with Gasteiger partial charge in [0, 0.05) is 6.54 Å². The van der Waals surface area contributed by atoms with Gasteiger partial charge in [-0.25, -0.2) is 4.79 Å². The van der Waals surface area contributed by atoms with Gasteiger partial charge in [0.1, 0.15) is 11.3 Å². The molecule has 1 amide bonds. The summed E-state index contributed by atoms with van der Waals surface area (Å²) in [7, 11) is -4.49. The van der Waals surface area contributed by atoms with Crippen LogP contribution in [0.4, 0.5) is 0 Å². The number of amides is 1. The van der Waals surface area contributed by atoms with Gasteiger partial charge < -0.3 is 15.2 Å². The molecule has 0 aromatic heterocycles. The van der Waals surface area contributed by atoms with Gasteiger partial charge in [-0.15, -0.1) is 0 Å². The Morgan fingerprint density at radius 2 is 2.00 bits per heavy atom. The third-order valence-corrected chi connectivity index (χ3v) is 3.64. The van der Waals surface area contributed by atoms with Gasteiger partial charge in [-0.05, 0) is 37.1 Å². The molecular weight excluding hydrogens is 326 g/mol. The number of nitrogens with one attached hydrogen (secondary N) is 1. The normalized spacial score (nSPS) is 10.8. The second-order valence-corrected chi connectivity index (χ2v) is 5.91. The minimum Gasteiger partial charge on any atom is -0.493 e. The van der Waals surface area contributed by atoms with E-state index in [9.17, 15) is 18.0 Å². The van der Waals surface area contributed by atoms with E-state index in [0.29, 0.717) is 19.4 Å². The molecule has 1 rings (SSSR count). The zero-order chi connectivity index (χ0) is 17.5. The Kier molecular flexibility index (Phi) is 6.73. The van der Waals surface area contributed by atoms with Crippen LogP contribution < -0.4 is 10.1 Å². The van der Waals surface area contributed by atoms with E-state index >= 15 is 0 Å². The van der Waals surface area contributed by atoms with Crippen molar-refractivity contribution in [1.29, 1.82) is 0 Å². The number of benzene rings is 1. The second kappa shape index (κ2) is 8.30. The molecule has 0 atom stereocenters. The number of hydrogen-bond donors (Lipinski definition) is 3. The van der Waals surface area contributed by atoms with E-state index in [-0.39, 0.29) is 23.8 Å². The maximum atomic E-state index is 11.1. The van der Waals surface area contributed by atoms with Crippen LogP contribution in [0, 0.1) is 0 Å². The van der Waals surface area contributed by atoms with Crippen molar-refractivity contribution in [2.24, 2.45) is 0 Å². The van der Waals surface area contributed by atoms with Crippen LogP contribution >= 0.6 is 0 Å². The van der Waals surface area contributed by atoms with Crippen LogP contribution in [0.2, 0.25) is 0 Å². The van der Waals surface area contributed by atoms with E-state index in [1.807, 2.05) is 0 Å². The molecule has 0 spiro atoms. The monoisotopic (exact) mass is 343 g/mol. The molecule has 126 valence electrons. The Labute approximate surface area is 133 Å².